The molecule has 0 bridgehead atoms. The lowest BCUT2D eigenvalue weighted by Gasteiger charge is -2.33. The molecule has 136 valence electrons. The summed E-state index contributed by atoms with van der Waals surface area (Å²) in [5.74, 6) is 0.884. The van der Waals surface area contributed by atoms with Crippen molar-refractivity contribution in [3.63, 3.8) is 0 Å². The average Bonchev–Trinajstić information content (AvgIpc) is 3.11. The molecule has 1 aliphatic heterocycles. The molecule has 1 aliphatic rings. The largest absolute Gasteiger partial charge is 0.356 e. The van der Waals surface area contributed by atoms with E-state index in [1.807, 2.05) is 12.3 Å². The molecule has 2 N–H and O–H groups in total. The van der Waals surface area contributed by atoms with E-state index < -0.39 is 10.0 Å². The van der Waals surface area contributed by atoms with Crippen LogP contribution in [-0.2, 0) is 10.0 Å². The SMILES string of the molecule is O=S(=O)(NC1CCN(c2ncnc3[nH]ccc23)CC1)c1ccc(Cl)cc1. The fourth-order valence-corrected chi connectivity index (χ4v) is 4.65. The number of hydrogen-bond acceptors (Lipinski definition) is 5. The van der Waals surface area contributed by atoms with Crippen LogP contribution in [0.4, 0.5) is 5.82 Å². The summed E-state index contributed by atoms with van der Waals surface area (Å²) in [4.78, 5) is 14.1. The Balaban J connectivity index is 1.44. The van der Waals surface area contributed by atoms with Crippen LogP contribution in [0.1, 0.15) is 12.8 Å². The number of benzene rings is 1. The fourth-order valence-electron chi connectivity index (χ4n) is 3.22. The van der Waals surface area contributed by atoms with E-state index in [1.54, 1.807) is 18.5 Å². The van der Waals surface area contributed by atoms with E-state index in [0.29, 0.717) is 17.9 Å². The second-order valence-corrected chi connectivity index (χ2v) is 8.42. The minimum atomic E-state index is -3.54. The first kappa shape index (κ1) is 17.3. The Morgan fingerprint density at radius 3 is 2.58 bits per heavy atom. The summed E-state index contributed by atoms with van der Waals surface area (Å²) >= 11 is 5.83. The molecule has 0 unspecified atom stereocenters. The van der Waals surface area contributed by atoms with Crippen LogP contribution in [0.5, 0.6) is 0 Å². The van der Waals surface area contributed by atoms with Gasteiger partial charge in [0, 0.05) is 30.4 Å². The van der Waals surface area contributed by atoms with Crippen LogP contribution in [0.15, 0.2) is 47.8 Å². The molecule has 9 heteroatoms. The molecule has 3 heterocycles. The number of hydrogen-bond donors (Lipinski definition) is 2. The number of sulfonamides is 1. The molecule has 26 heavy (non-hydrogen) atoms. The molecular formula is C17H18ClN5O2S. The van der Waals surface area contributed by atoms with E-state index in [9.17, 15) is 8.42 Å². The Kier molecular flexibility index (Phi) is 4.56. The average molecular weight is 392 g/mol. The van der Waals surface area contributed by atoms with Crippen molar-refractivity contribution in [1.82, 2.24) is 19.7 Å². The first-order valence-corrected chi connectivity index (χ1v) is 10.2. The van der Waals surface area contributed by atoms with Crippen LogP contribution >= 0.6 is 11.6 Å². The van der Waals surface area contributed by atoms with E-state index in [1.165, 1.54) is 12.1 Å². The topological polar surface area (TPSA) is 91.0 Å². The molecule has 0 saturated carbocycles. The maximum Gasteiger partial charge on any atom is 0.240 e. The maximum absolute atomic E-state index is 12.5. The first-order valence-electron chi connectivity index (χ1n) is 8.34. The highest BCUT2D eigenvalue weighted by atomic mass is 35.5. The number of aromatic amines is 1. The van der Waals surface area contributed by atoms with Crippen LogP contribution in [0.25, 0.3) is 11.0 Å². The molecule has 2 aromatic heterocycles. The van der Waals surface area contributed by atoms with Gasteiger partial charge in [0.25, 0.3) is 0 Å². The third-order valence-corrected chi connectivity index (χ3v) is 6.36. The summed E-state index contributed by atoms with van der Waals surface area (Å²) in [6.45, 7) is 1.45. The number of halogens is 1. The van der Waals surface area contributed by atoms with Gasteiger partial charge in [-0.3, -0.25) is 0 Å². The number of fused-ring (bicyclic) bond motifs is 1. The normalized spacial score (nSPS) is 16.3. The van der Waals surface area contributed by atoms with E-state index in [4.69, 9.17) is 11.6 Å². The van der Waals surface area contributed by atoms with Crippen molar-refractivity contribution in [3.05, 3.63) is 47.9 Å². The molecule has 0 atom stereocenters. The van der Waals surface area contributed by atoms with E-state index in [2.05, 4.69) is 24.6 Å². The van der Waals surface area contributed by atoms with E-state index in [0.717, 1.165) is 29.9 Å². The number of aromatic nitrogens is 3. The van der Waals surface area contributed by atoms with Crippen molar-refractivity contribution in [2.45, 2.75) is 23.8 Å². The number of rotatable bonds is 4. The van der Waals surface area contributed by atoms with Crippen LogP contribution in [0.2, 0.25) is 5.02 Å². The molecule has 0 amide bonds. The molecule has 7 nitrogen and oxygen atoms in total. The zero-order chi connectivity index (χ0) is 18.1. The summed E-state index contributed by atoms with van der Waals surface area (Å²) in [5.41, 5.74) is 0.806. The van der Waals surface area contributed by atoms with Gasteiger partial charge in [0.15, 0.2) is 0 Å². The third-order valence-electron chi connectivity index (χ3n) is 4.57. The summed E-state index contributed by atoms with van der Waals surface area (Å²) in [7, 11) is -3.54. The minimum Gasteiger partial charge on any atom is -0.356 e. The van der Waals surface area contributed by atoms with Gasteiger partial charge in [-0.1, -0.05) is 11.6 Å². The highest BCUT2D eigenvalue weighted by molar-refractivity contribution is 7.89. The lowest BCUT2D eigenvalue weighted by atomic mass is 10.1. The first-order chi connectivity index (χ1) is 12.5. The smallest absolute Gasteiger partial charge is 0.240 e. The summed E-state index contributed by atoms with van der Waals surface area (Å²) < 4.78 is 27.8. The zero-order valence-corrected chi connectivity index (χ0v) is 15.5. The van der Waals surface area contributed by atoms with Crippen molar-refractivity contribution in [2.75, 3.05) is 18.0 Å². The molecule has 0 radical (unpaired) electrons. The quantitative estimate of drug-likeness (QED) is 0.713. The van der Waals surface area contributed by atoms with Crippen molar-refractivity contribution in [3.8, 4) is 0 Å². The Morgan fingerprint density at radius 2 is 1.85 bits per heavy atom. The van der Waals surface area contributed by atoms with Gasteiger partial charge >= 0.3 is 0 Å². The highest BCUT2D eigenvalue weighted by Crippen LogP contribution is 2.25. The Hall–Kier alpha value is -2.16. The lowest BCUT2D eigenvalue weighted by molar-refractivity contribution is 0.459. The Bertz CT molecular complexity index is 1010. The van der Waals surface area contributed by atoms with Crippen LogP contribution in [-0.4, -0.2) is 42.5 Å². The molecule has 4 rings (SSSR count). The number of H-pyrrole nitrogens is 1. The number of nitrogens with one attached hydrogen (secondary N) is 2. The summed E-state index contributed by atoms with van der Waals surface area (Å²) in [6.07, 6.45) is 4.81. The van der Waals surface area contributed by atoms with Gasteiger partial charge in [0.2, 0.25) is 10.0 Å². The molecule has 0 spiro atoms. The van der Waals surface area contributed by atoms with Gasteiger partial charge in [0.05, 0.1) is 10.3 Å². The van der Waals surface area contributed by atoms with Gasteiger partial charge in [0.1, 0.15) is 17.8 Å². The monoisotopic (exact) mass is 391 g/mol. The third kappa shape index (κ3) is 3.40. The van der Waals surface area contributed by atoms with Crippen molar-refractivity contribution >= 4 is 38.5 Å². The van der Waals surface area contributed by atoms with Crippen LogP contribution in [0.3, 0.4) is 0 Å². The molecule has 1 fully saturated rings. The molecule has 1 aromatic carbocycles. The van der Waals surface area contributed by atoms with Crippen molar-refractivity contribution < 1.29 is 8.42 Å². The lowest BCUT2D eigenvalue weighted by Crippen LogP contribution is -2.44. The summed E-state index contributed by atoms with van der Waals surface area (Å²) in [6, 6.07) is 8.05. The Labute approximate surface area is 156 Å². The number of piperidine rings is 1. The van der Waals surface area contributed by atoms with Crippen LogP contribution in [0, 0.1) is 0 Å². The second-order valence-electron chi connectivity index (χ2n) is 6.27. The fraction of sp³-hybridized carbons (Fsp3) is 0.294. The molecular weight excluding hydrogens is 374 g/mol. The second kappa shape index (κ2) is 6.86. The van der Waals surface area contributed by atoms with Crippen LogP contribution < -0.4 is 9.62 Å². The van der Waals surface area contributed by atoms with Gasteiger partial charge in [-0.15, -0.1) is 0 Å². The van der Waals surface area contributed by atoms with Gasteiger partial charge < -0.3 is 9.88 Å². The van der Waals surface area contributed by atoms with Gasteiger partial charge in [-0.05, 0) is 43.2 Å². The van der Waals surface area contributed by atoms with E-state index in [-0.39, 0.29) is 10.9 Å². The van der Waals surface area contributed by atoms with Crippen molar-refractivity contribution in [2.24, 2.45) is 0 Å². The zero-order valence-electron chi connectivity index (χ0n) is 13.9. The predicted molar refractivity (Wildman–Crippen MR) is 101 cm³/mol. The molecule has 0 aliphatic carbocycles. The molecule has 1 saturated heterocycles. The highest BCUT2D eigenvalue weighted by Gasteiger charge is 2.26. The number of nitrogens with zero attached hydrogens (tertiary/aromatic N) is 3. The summed E-state index contributed by atoms with van der Waals surface area (Å²) in [5, 5.41) is 1.49. The van der Waals surface area contributed by atoms with Gasteiger partial charge in [-0.25, -0.2) is 23.1 Å². The molecule has 3 aromatic rings. The Morgan fingerprint density at radius 1 is 1.12 bits per heavy atom. The standard InChI is InChI=1S/C17H18ClN5O2S/c18-12-1-3-14(4-2-12)26(24,25)22-13-6-9-23(10-7-13)17-15-5-8-19-16(15)20-11-21-17/h1-5,8,11,13,22H,6-7,9-10H2,(H,19,20,21). The predicted octanol–water partition coefficient (Wildman–Crippen LogP) is 2.56. The van der Waals surface area contributed by atoms with Gasteiger partial charge in [-0.2, -0.15) is 0 Å². The maximum atomic E-state index is 12.5. The minimum absolute atomic E-state index is 0.101. The number of anilines is 1. The van der Waals surface area contributed by atoms with Crippen molar-refractivity contribution in [1.29, 1.82) is 0 Å². The van der Waals surface area contributed by atoms with E-state index >= 15 is 0 Å².